The maximum Gasteiger partial charge on any atom is 0.253 e. The minimum absolute atomic E-state index is 0.132. The van der Waals surface area contributed by atoms with Gasteiger partial charge in [-0.05, 0) is 18.6 Å². The Hall–Kier alpha value is -2.37. The van der Waals surface area contributed by atoms with E-state index in [0.717, 1.165) is 17.7 Å². The van der Waals surface area contributed by atoms with Crippen molar-refractivity contribution in [3.63, 3.8) is 0 Å². The van der Waals surface area contributed by atoms with Crippen molar-refractivity contribution in [2.45, 2.75) is 19.9 Å². The summed E-state index contributed by atoms with van der Waals surface area (Å²) in [7, 11) is 1.83. The summed E-state index contributed by atoms with van der Waals surface area (Å²) in [6, 6.07) is 4.18. The highest BCUT2D eigenvalue weighted by atomic mass is 19.1. The molecule has 0 saturated heterocycles. The van der Waals surface area contributed by atoms with Crippen LogP contribution in [-0.4, -0.2) is 15.7 Å². The summed E-state index contributed by atoms with van der Waals surface area (Å²) in [6.07, 6.45) is 2.64. The molecular formula is C14H17FN4O. The minimum Gasteiger partial charge on any atom is -0.396 e. The van der Waals surface area contributed by atoms with E-state index < -0.39 is 11.7 Å². The van der Waals surface area contributed by atoms with Crippen molar-refractivity contribution in [2.75, 3.05) is 5.73 Å². The predicted molar refractivity (Wildman–Crippen MR) is 74.6 cm³/mol. The lowest BCUT2D eigenvalue weighted by atomic mass is 10.1. The molecule has 0 aliphatic rings. The third kappa shape index (κ3) is 2.79. The van der Waals surface area contributed by atoms with Gasteiger partial charge in [0.25, 0.3) is 5.91 Å². The fraction of sp³-hybridized carbons (Fsp3) is 0.286. The van der Waals surface area contributed by atoms with Gasteiger partial charge < -0.3 is 11.1 Å². The van der Waals surface area contributed by atoms with Crippen LogP contribution < -0.4 is 11.1 Å². The Labute approximate surface area is 116 Å². The Bertz CT molecular complexity index is 636. The summed E-state index contributed by atoms with van der Waals surface area (Å²) in [5.74, 6) is -0.985. The highest BCUT2D eigenvalue weighted by Crippen LogP contribution is 2.16. The van der Waals surface area contributed by atoms with Gasteiger partial charge in [-0.2, -0.15) is 5.10 Å². The molecule has 106 valence electrons. The molecule has 0 unspecified atom stereocenters. The number of nitrogen functional groups attached to an aromatic ring is 1. The Balaban J connectivity index is 2.10. The topological polar surface area (TPSA) is 72.9 Å². The van der Waals surface area contributed by atoms with E-state index in [2.05, 4.69) is 10.4 Å². The molecule has 3 N–H and O–H groups in total. The molecule has 1 heterocycles. The Morgan fingerprint density at radius 2 is 2.25 bits per heavy atom. The first-order chi connectivity index (χ1) is 9.52. The second kappa shape index (κ2) is 5.73. The smallest absolute Gasteiger partial charge is 0.253 e. The highest BCUT2D eigenvalue weighted by Gasteiger charge is 2.13. The van der Waals surface area contributed by atoms with Gasteiger partial charge in [-0.15, -0.1) is 0 Å². The van der Waals surface area contributed by atoms with Crippen LogP contribution in [0.1, 0.15) is 28.5 Å². The Kier molecular flexibility index (Phi) is 4.02. The zero-order valence-electron chi connectivity index (χ0n) is 11.5. The van der Waals surface area contributed by atoms with Crippen molar-refractivity contribution in [1.82, 2.24) is 15.1 Å². The third-order valence-corrected chi connectivity index (χ3v) is 3.06. The normalized spacial score (nSPS) is 10.6. The van der Waals surface area contributed by atoms with Gasteiger partial charge >= 0.3 is 0 Å². The van der Waals surface area contributed by atoms with E-state index in [1.54, 1.807) is 4.68 Å². The molecule has 0 spiro atoms. The molecule has 5 nitrogen and oxygen atoms in total. The molecule has 0 saturated carbocycles. The summed E-state index contributed by atoms with van der Waals surface area (Å²) < 4.78 is 15.0. The fourth-order valence-corrected chi connectivity index (χ4v) is 2.03. The summed E-state index contributed by atoms with van der Waals surface area (Å²) >= 11 is 0. The van der Waals surface area contributed by atoms with Gasteiger partial charge in [0.15, 0.2) is 0 Å². The highest BCUT2D eigenvalue weighted by molar-refractivity contribution is 5.99. The number of nitrogens with one attached hydrogen (secondary N) is 1. The quantitative estimate of drug-likeness (QED) is 0.834. The number of aryl methyl sites for hydroxylation is 2. The molecule has 0 bridgehead atoms. The molecule has 2 aromatic rings. The first-order valence-electron chi connectivity index (χ1n) is 6.36. The molecule has 2 rings (SSSR count). The average molecular weight is 276 g/mol. The van der Waals surface area contributed by atoms with Crippen LogP contribution in [-0.2, 0) is 20.0 Å². The molecule has 0 atom stereocenters. The van der Waals surface area contributed by atoms with Crippen molar-refractivity contribution < 1.29 is 9.18 Å². The van der Waals surface area contributed by atoms with E-state index in [9.17, 15) is 9.18 Å². The lowest BCUT2D eigenvalue weighted by molar-refractivity contribution is 0.0951. The first kappa shape index (κ1) is 14.0. The minimum atomic E-state index is -0.590. The monoisotopic (exact) mass is 276 g/mol. The molecule has 0 radical (unpaired) electrons. The number of rotatable bonds is 4. The molecule has 20 heavy (non-hydrogen) atoms. The van der Waals surface area contributed by atoms with Crippen LogP contribution in [0.5, 0.6) is 0 Å². The fourth-order valence-electron chi connectivity index (χ4n) is 2.03. The van der Waals surface area contributed by atoms with Gasteiger partial charge in [0.2, 0.25) is 0 Å². The van der Waals surface area contributed by atoms with Crippen molar-refractivity contribution in [3.05, 3.63) is 47.0 Å². The summed E-state index contributed by atoms with van der Waals surface area (Å²) in [5.41, 5.74) is 7.45. The molecule has 6 heteroatoms. The van der Waals surface area contributed by atoms with Crippen LogP contribution in [0.15, 0.2) is 24.4 Å². The zero-order valence-corrected chi connectivity index (χ0v) is 11.5. The third-order valence-electron chi connectivity index (χ3n) is 3.06. The van der Waals surface area contributed by atoms with E-state index in [0.29, 0.717) is 6.54 Å². The number of nitrogens with zero attached hydrogens (tertiary/aromatic N) is 2. The van der Waals surface area contributed by atoms with Crippen LogP contribution in [0.2, 0.25) is 0 Å². The maximum absolute atomic E-state index is 13.3. The first-order valence-corrected chi connectivity index (χ1v) is 6.36. The SMILES string of the molecule is CCc1nn(C)cc1CNC(=O)c1cccc(F)c1N. The molecule has 0 fully saturated rings. The number of para-hydroxylation sites is 1. The number of anilines is 1. The number of carbonyl (C=O) groups is 1. The molecule has 0 aliphatic carbocycles. The Morgan fingerprint density at radius 1 is 1.50 bits per heavy atom. The van der Waals surface area contributed by atoms with Gasteiger partial charge in [0.1, 0.15) is 5.82 Å². The van der Waals surface area contributed by atoms with Crippen LogP contribution in [0.3, 0.4) is 0 Å². The van der Waals surface area contributed by atoms with Gasteiger partial charge in [0.05, 0.1) is 16.9 Å². The molecule has 1 aromatic carbocycles. The van der Waals surface area contributed by atoms with E-state index in [1.165, 1.54) is 18.2 Å². The van der Waals surface area contributed by atoms with Crippen molar-refractivity contribution in [3.8, 4) is 0 Å². The second-order valence-corrected chi connectivity index (χ2v) is 4.51. The van der Waals surface area contributed by atoms with Gasteiger partial charge in [-0.3, -0.25) is 9.48 Å². The number of aromatic nitrogens is 2. The van der Waals surface area contributed by atoms with E-state index in [-0.39, 0.29) is 11.3 Å². The standard InChI is InChI=1S/C14H17FN4O/c1-3-12-9(8-19(2)18-12)7-17-14(20)10-5-4-6-11(15)13(10)16/h4-6,8H,3,7,16H2,1-2H3,(H,17,20). The summed E-state index contributed by atoms with van der Waals surface area (Å²) in [5, 5.41) is 7.02. The van der Waals surface area contributed by atoms with E-state index in [4.69, 9.17) is 5.73 Å². The maximum atomic E-state index is 13.3. The molecule has 0 aliphatic heterocycles. The van der Waals surface area contributed by atoms with Crippen LogP contribution >= 0.6 is 0 Å². The number of nitrogens with two attached hydrogens (primary N) is 1. The van der Waals surface area contributed by atoms with Crippen molar-refractivity contribution in [1.29, 1.82) is 0 Å². The second-order valence-electron chi connectivity index (χ2n) is 4.51. The molecule has 1 amide bonds. The Morgan fingerprint density at radius 3 is 2.95 bits per heavy atom. The van der Waals surface area contributed by atoms with Gasteiger partial charge in [-0.25, -0.2) is 4.39 Å². The summed E-state index contributed by atoms with van der Waals surface area (Å²) in [6.45, 7) is 2.34. The van der Waals surface area contributed by atoms with Gasteiger partial charge in [0, 0.05) is 25.4 Å². The van der Waals surface area contributed by atoms with Crippen LogP contribution in [0.25, 0.3) is 0 Å². The number of halogens is 1. The van der Waals surface area contributed by atoms with E-state index in [1.807, 2.05) is 20.2 Å². The lowest BCUT2D eigenvalue weighted by Crippen LogP contribution is -2.24. The largest absolute Gasteiger partial charge is 0.396 e. The van der Waals surface area contributed by atoms with Crippen LogP contribution in [0.4, 0.5) is 10.1 Å². The lowest BCUT2D eigenvalue weighted by Gasteiger charge is -2.07. The van der Waals surface area contributed by atoms with Gasteiger partial charge in [-0.1, -0.05) is 13.0 Å². The van der Waals surface area contributed by atoms with Crippen molar-refractivity contribution >= 4 is 11.6 Å². The number of carbonyl (C=O) groups excluding carboxylic acids is 1. The zero-order chi connectivity index (χ0) is 14.7. The average Bonchev–Trinajstić information content (AvgIpc) is 2.79. The predicted octanol–water partition coefficient (Wildman–Crippen LogP) is 1.63. The molecular weight excluding hydrogens is 259 g/mol. The van der Waals surface area contributed by atoms with E-state index >= 15 is 0 Å². The number of amides is 1. The van der Waals surface area contributed by atoms with Crippen molar-refractivity contribution in [2.24, 2.45) is 7.05 Å². The van der Waals surface area contributed by atoms with Crippen LogP contribution in [0, 0.1) is 5.82 Å². The number of hydrogen-bond acceptors (Lipinski definition) is 3. The summed E-state index contributed by atoms with van der Waals surface area (Å²) in [4.78, 5) is 12.0. The number of hydrogen-bond donors (Lipinski definition) is 2. The number of benzene rings is 1. The molecule has 1 aromatic heterocycles.